The van der Waals surface area contributed by atoms with Crippen LogP contribution in [0.4, 0.5) is 0 Å². The Balaban J connectivity index is 1.18. The molecular formula is C54H60O6P2Si4. The summed E-state index contributed by atoms with van der Waals surface area (Å²) in [4.78, 5) is 0. The SMILES string of the molecule is C[Si](C)(C)c1cc2ccccc2c2c1op(OCCOp1oc3c([Si](C)(C)C)cc4ccccc4c3c3c(o1)c([Si](C)(C)C)cc1ccccc13)oc1c([Si](C)(C)C)cc3ccccc3c12. The first-order chi connectivity index (χ1) is 31.3. The van der Waals surface area contributed by atoms with Gasteiger partial charge in [-0.15, -0.1) is 0 Å². The average Bonchev–Trinajstić information content (AvgIpc) is 3.54. The van der Waals surface area contributed by atoms with Crippen molar-refractivity contribution in [1.29, 1.82) is 0 Å². The van der Waals surface area contributed by atoms with Crippen LogP contribution in [0.1, 0.15) is 0 Å². The molecule has 0 aliphatic rings. The van der Waals surface area contributed by atoms with E-state index >= 15 is 0 Å². The molecule has 6 nitrogen and oxygen atoms in total. The van der Waals surface area contributed by atoms with Crippen LogP contribution in [0.2, 0.25) is 78.6 Å². The lowest BCUT2D eigenvalue weighted by atomic mass is 9.98. The second-order valence-electron chi connectivity index (χ2n) is 21.9. The summed E-state index contributed by atoms with van der Waals surface area (Å²) >= 11 is 0. The van der Waals surface area contributed by atoms with Crippen LogP contribution in [-0.4, -0.2) is 45.5 Å². The van der Waals surface area contributed by atoms with Crippen LogP contribution in [0, 0.1) is 0 Å². The van der Waals surface area contributed by atoms with Gasteiger partial charge in [0.1, 0.15) is 22.3 Å². The lowest BCUT2D eigenvalue weighted by molar-refractivity contribution is 0.281. The van der Waals surface area contributed by atoms with Crippen molar-refractivity contribution in [3.8, 4) is 0 Å². The summed E-state index contributed by atoms with van der Waals surface area (Å²) < 4.78 is 42.3. The quantitative estimate of drug-likeness (QED) is 0.106. The maximum Gasteiger partial charge on any atom is 0.387 e. The molecule has 0 aliphatic heterocycles. The summed E-state index contributed by atoms with van der Waals surface area (Å²) in [5.41, 5.74) is 3.51. The smallest absolute Gasteiger partial charge is 0.387 e. The monoisotopic (exact) mass is 978 g/mol. The van der Waals surface area contributed by atoms with Crippen molar-refractivity contribution in [2.45, 2.75) is 78.6 Å². The van der Waals surface area contributed by atoms with Crippen LogP contribution in [0.15, 0.2) is 138 Å². The van der Waals surface area contributed by atoms with Crippen molar-refractivity contribution in [2.24, 2.45) is 0 Å². The molecule has 2 aromatic heterocycles. The summed E-state index contributed by atoms with van der Waals surface area (Å²) in [6.07, 6.45) is 0. The van der Waals surface area contributed by atoms with Gasteiger partial charge in [0.05, 0.1) is 45.5 Å². The van der Waals surface area contributed by atoms with E-state index in [4.69, 9.17) is 25.8 Å². The summed E-state index contributed by atoms with van der Waals surface area (Å²) in [6, 6.07) is 44.3. The molecule has 0 saturated heterocycles. The van der Waals surface area contributed by atoms with Crippen molar-refractivity contribution in [2.75, 3.05) is 13.2 Å². The van der Waals surface area contributed by atoms with Crippen molar-refractivity contribution in [1.82, 2.24) is 0 Å². The maximum absolute atomic E-state index is 7.18. The van der Waals surface area contributed by atoms with Crippen LogP contribution < -0.4 is 29.8 Å². The fraction of sp³-hybridized carbons (Fsp3) is 0.259. The molecule has 0 radical (unpaired) electrons. The van der Waals surface area contributed by atoms with Gasteiger partial charge in [0, 0.05) is 21.5 Å². The number of benzene rings is 8. The lowest BCUT2D eigenvalue weighted by Gasteiger charge is -2.20. The third-order valence-corrected chi connectivity index (χ3v) is 22.9. The third kappa shape index (κ3) is 8.07. The minimum absolute atomic E-state index is 0.213. The number of fused-ring (bicyclic) bond motifs is 14. The second kappa shape index (κ2) is 16.6. The Morgan fingerprint density at radius 3 is 0.758 bits per heavy atom. The molecule has 0 saturated carbocycles. The molecule has 66 heavy (non-hydrogen) atoms. The summed E-state index contributed by atoms with van der Waals surface area (Å²) in [5.74, 6) is 0. The van der Waals surface area contributed by atoms with Gasteiger partial charge in [-0.25, -0.2) is 0 Å². The minimum atomic E-state index is -1.98. The van der Waals surface area contributed by atoms with E-state index in [-0.39, 0.29) is 13.2 Å². The highest BCUT2D eigenvalue weighted by atomic mass is 31.1. The van der Waals surface area contributed by atoms with Gasteiger partial charge in [-0.3, -0.25) is 9.05 Å². The van der Waals surface area contributed by atoms with E-state index in [1.165, 1.54) is 42.3 Å². The summed E-state index contributed by atoms with van der Waals surface area (Å²) in [6.45, 7) is 29.1. The number of rotatable bonds is 9. The van der Waals surface area contributed by atoms with Crippen molar-refractivity contribution in [3.05, 3.63) is 121 Å². The van der Waals surface area contributed by atoms with Gasteiger partial charge in [-0.1, -0.05) is 200 Å². The fourth-order valence-electron chi connectivity index (χ4n) is 9.58. The Hall–Kier alpha value is -4.61. The Morgan fingerprint density at radius 1 is 0.333 bits per heavy atom. The highest BCUT2D eigenvalue weighted by Gasteiger charge is 2.30. The zero-order valence-corrected chi connectivity index (χ0v) is 46.1. The normalized spacial score (nSPS) is 13.1. The Morgan fingerprint density at radius 2 is 0.545 bits per heavy atom. The molecule has 338 valence electrons. The predicted octanol–water partition coefficient (Wildman–Crippen LogP) is 15.2. The summed E-state index contributed by atoms with van der Waals surface area (Å²) in [5, 5.41) is 18.8. The molecule has 0 atom stereocenters. The molecule has 10 aromatic rings. The largest absolute Gasteiger partial charge is 0.399 e. The summed E-state index contributed by atoms with van der Waals surface area (Å²) in [7, 11) is -11.7. The molecule has 2 heterocycles. The van der Waals surface area contributed by atoms with E-state index in [2.05, 4.69) is 200 Å². The van der Waals surface area contributed by atoms with Gasteiger partial charge < -0.3 is 16.8 Å². The minimum Gasteiger partial charge on any atom is -0.399 e. The van der Waals surface area contributed by atoms with Crippen LogP contribution in [0.25, 0.3) is 87.0 Å². The van der Waals surface area contributed by atoms with Gasteiger partial charge >= 0.3 is 16.5 Å². The van der Waals surface area contributed by atoms with E-state index in [9.17, 15) is 0 Å². The topological polar surface area (TPSA) is 71.0 Å². The highest BCUT2D eigenvalue weighted by molar-refractivity contribution is 7.32. The Bertz CT molecular complexity index is 3190. The van der Waals surface area contributed by atoms with E-state index < -0.39 is 48.8 Å². The third-order valence-electron chi connectivity index (χ3n) is 12.9. The fourth-order valence-corrected chi connectivity index (χ4v) is 17.8. The van der Waals surface area contributed by atoms with Crippen molar-refractivity contribution >= 4 is 156 Å². The first kappa shape index (κ1) is 45.2. The number of hydrogen-bond donors (Lipinski definition) is 0. The molecule has 0 amide bonds. The van der Waals surface area contributed by atoms with Gasteiger partial charge in [0.25, 0.3) is 0 Å². The molecule has 0 N–H and O–H groups in total. The zero-order valence-electron chi connectivity index (χ0n) is 40.3. The highest BCUT2D eigenvalue weighted by Crippen LogP contribution is 2.43. The molecule has 0 unspecified atom stereocenters. The molecule has 8 aromatic carbocycles. The van der Waals surface area contributed by atoms with E-state index in [1.54, 1.807) is 0 Å². The maximum atomic E-state index is 7.18. The standard InChI is InChI=1S/C54H60O6P2Si4/c1-63(2,3)43-31-35-21-13-17-25-39(35)47-48-40-26-18-14-22-36(40)32-44(64(4,5)6)52(48)58-61(57-51(43)47)55-29-30-56-62-59-53-45(65(7,8)9)33-37-23-15-19-27-41(37)49(53)50-42-28-20-16-24-38(42)34-46(54(50)60-62)66(10,11)12/h13-28,31-34H,29-30H2,1-12H3. The first-order valence-electron chi connectivity index (χ1n) is 23.1. The molecular weight excluding hydrogens is 919 g/mol. The number of hydrogen-bond acceptors (Lipinski definition) is 6. The van der Waals surface area contributed by atoms with Crippen molar-refractivity contribution < 1.29 is 25.8 Å². The van der Waals surface area contributed by atoms with E-state index in [1.807, 2.05) is 0 Å². The van der Waals surface area contributed by atoms with Crippen LogP contribution in [0.5, 0.6) is 0 Å². The molecule has 0 aliphatic carbocycles. The zero-order chi connectivity index (χ0) is 46.5. The van der Waals surface area contributed by atoms with Gasteiger partial charge in [-0.2, -0.15) is 0 Å². The van der Waals surface area contributed by atoms with Gasteiger partial charge in [-0.05, 0) is 63.8 Å². The Kier molecular flexibility index (Phi) is 11.3. The van der Waals surface area contributed by atoms with Gasteiger partial charge in [0.2, 0.25) is 0 Å². The van der Waals surface area contributed by atoms with E-state index in [0.29, 0.717) is 0 Å². The second-order valence-corrected chi connectivity index (χ2v) is 44.2. The van der Waals surface area contributed by atoms with E-state index in [0.717, 1.165) is 65.4 Å². The average molecular weight is 979 g/mol. The first-order valence-corrected chi connectivity index (χ1v) is 39.3. The molecule has 0 fully saturated rings. The molecule has 0 spiro atoms. The van der Waals surface area contributed by atoms with Crippen molar-refractivity contribution in [3.63, 3.8) is 0 Å². The van der Waals surface area contributed by atoms with Crippen LogP contribution >= 0.6 is 16.5 Å². The van der Waals surface area contributed by atoms with Gasteiger partial charge in [0.15, 0.2) is 0 Å². The van der Waals surface area contributed by atoms with Crippen LogP contribution in [-0.2, 0) is 0 Å². The van der Waals surface area contributed by atoms with Crippen LogP contribution in [0.3, 0.4) is 0 Å². The lowest BCUT2D eigenvalue weighted by Crippen LogP contribution is -2.38. The predicted molar refractivity (Wildman–Crippen MR) is 297 cm³/mol. The molecule has 12 heteroatoms. The molecule has 0 bridgehead atoms. The Labute approximate surface area is 393 Å². The molecule has 10 rings (SSSR count).